The van der Waals surface area contributed by atoms with E-state index in [1.807, 2.05) is 12.1 Å². The molecule has 1 aromatic heterocycles. The summed E-state index contributed by atoms with van der Waals surface area (Å²) in [5.41, 5.74) is 0.856. The van der Waals surface area contributed by atoms with Crippen LogP contribution in [0.5, 0.6) is 0 Å². The van der Waals surface area contributed by atoms with Crippen LogP contribution in [0, 0.1) is 0 Å². The highest BCUT2D eigenvalue weighted by Crippen LogP contribution is 2.19. The van der Waals surface area contributed by atoms with Crippen LogP contribution in [0.4, 0.5) is 0 Å². The second-order valence-corrected chi connectivity index (χ2v) is 3.43. The van der Waals surface area contributed by atoms with Crippen LogP contribution in [0.15, 0.2) is 28.8 Å². The standard InChI is InChI=1S/C9H7ClN2OS/c10-7-3-1-6(2-4-7)9-11-8(5-14)12-13-9/h1-4,14H,5H2. The van der Waals surface area contributed by atoms with Crippen LogP contribution in [0.3, 0.4) is 0 Å². The van der Waals surface area contributed by atoms with Gasteiger partial charge in [-0.05, 0) is 24.3 Å². The number of halogens is 1. The molecule has 0 saturated heterocycles. The molecular weight excluding hydrogens is 220 g/mol. The van der Waals surface area contributed by atoms with Gasteiger partial charge in [0, 0.05) is 10.6 Å². The van der Waals surface area contributed by atoms with E-state index >= 15 is 0 Å². The highest BCUT2D eigenvalue weighted by atomic mass is 35.5. The summed E-state index contributed by atoms with van der Waals surface area (Å²) in [6.45, 7) is 0. The van der Waals surface area contributed by atoms with E-state index in [4.69, 9.17) is 16.1 Å². The molecule has 1 aromatic carbocycles. The fourth-order valence-electron chi connectivity index (χ4n) is 1.03. The maximum Gasteiger partial charge on any atom is 0.257 e. The van der Waals surface area contributed by atoms with Gasteiger partial charge in [0.25, 0.3) is 5.89 Å². The van der Waals surface area contributed by atoms with Crippen molar-refractivity contribution in [3.63, 3.8) is 0 Å². The van der Waals surface area contributed by atoms with E-state index in [9.17, 15) is 0 Å². The van der Waals surface area contributed by atoms with Gasteiger partial charge in [-0.25, -0.2) is 0 Å². The minimum atomic E-state index is 0.469. The first-order valence-corrected chi connectivity index (χ1v) is 5.00. The van der Waals surface area contributed by atoms with Crippen LogP contribution in [-0.2, 0) is 5.75 Å². The first kappa shape index (κ1) is 9.55. The third-order valence-electron chi connectivity index (χ3n) is 1.70. The molecule has 72 valence electrons. The summed E-state index contributed by atoms with van der Waals surface area (Å²) in [7, 11) is 0. The third kappa shape index (κ3) is 1.91. The summed E-state index contributed by atoms with van der Waals surface area (Å²) in [4.78, 5) is 4.13. The summed E-state index contributed by atoms with van der Waals surface area (Å²) < 4.78 is 5.03. The molecule has 3 nitrogen and oxygen atoms in total. The highest BCUT2D eigenvalue weighted by molar-refractivity contribution is 7.79. The normalized spacial score (nSPS) is 10.4. The average Bonchev–Trinajstić information content (AvgIpc) is 2.67. The Morgan fingerprint density at radius 3 is 2.57 bits per heavy atom. The molecule has 2 aromatic rings. The summed E-state index contributed by atoms with van der Waals surface area (Å²) in [5.74, 6) is 1.54. The molecule has 1 heterocycles. The molecule has 0 fully saturated rings. The Hall–Kier alpha value is -1.00. The monoisotopic (exact) mass is 226 g/mol. The van der Waals surface area contributed by atoms with E-state index in [2.05, 4.69) is 22.8 Å². The van der Waals surface area contributed by atoms with Gasteiger partial charge >= 0.3 is 0 Å². The quantitative estimate of drug-likeness (QED) is 0.801. The SMILES string of the molecule is SCc1noc(-c2ccc(Cl)cc2)n1. The Bertz CT molecular complexity index is 427. The van der Waals surface area contributed by atoms with E-state index in [-0.39, 0.29) is 0 Å². The molecule has 0 radical (unpaired) electrons. The van der Waals surface area contributed by atoms with Crippen LogP contribution >= 0.6 is 24.2 Å². The number of aromatic nitrogens is 2. The molecule has 0 N–H and O–H groups in total. The summed E-state index contributed by atoms with van der Waals surface area (Å²) in [6, 6.07) is 7.22. The number of hydrogen-bond donors (Lipinski definition) is 1. The Kier molecular flexibility index (Phi) is 2.74. The van der Waals surface area contributed by atoms with Crippen molar-refractivity contribution in [1.82, 2.24) is 10.1 Å². The largest absolute Gasteiger partial charge is 0.334 e. The lowest BCUT2D eigenvalue weighted by Crippen LogP contribution is -1.80. The molecule has 5 heteroatoms. The fraction of sp³-hybridized carbons (Fsp3) is 0.111. The second-order valence-electron chi connectivity index (χ2n) is 2.68. The minimum absolute atomic E-state index is 0.469. The summed E-state index contributed by atoms with van der Waals surface area (Å²) in [5, 5.41) is 4.42. The lowest BCUT2D eigenvalue weighted by Gasteiger charge is -1.92. The number of nitrogens with zero attached hydrogens (tertiary/aromatic N) is 2. The molecule has 0 bridgehead atoms. The Morgan fingerprint density at radius 2 is 2.00 bits per heavy atom. The molecule has 0 atom stereocenters. The van der Waals surface area contributed by atoms with Gasteiger partial charge in [0.1, 0.15) is 0 Å². The van der Waals surface area contributed by atoms with E-state index in [1.165, 1.54) is 0 Å². The van der Waals surface area contributed by atoms with Crippen LogP contribution < -0.4 is 0 Å². The van der Waals surface area contributed by atoms with E-state index in [0.29, 0.717) is 22.5 Å². The number of thiol groups is 1. The molecule has 14 heavy (non-hydrogen) atoms. The van der Waals surface area contributed by atoms with Gasteiger partial charge in [0.05, 0.1) is 5.75 Å². The van der Waals surface area contributed by atoms with Crippen molar-refractivity contribution in [2.24, 2.45) is 0 Å². The molecule has 0 unspecified atom stereocenters. The van der Waals surface area contributed by atoms with E-state index < -0.39 is 0 Å². The lowest BCUT2D eigenvalue weighted by atomic mass is 10.2. The molecule has 2 rings (SSSR count). The number of hydrogen-bond acceptors (Lipinski definition) is 4. The molecule has 0 amide bonds. The molecule has 0 saturated carbocycles. The van der Waals surface area contributed by atoms with Gasteiger partial charge in [0.2, 0.25) is 0 Å². The third-order valence-corrected chi connectivity index (χ3v) is 2.24. The summed E-state index contributed by atoms with van der Waals surface area (Å²) >= 11 is 9.80. The first-order chi connectivity index (χ1) is 6.79. The number of benzene rings is 1. The smallest absolute Gasteiger partial charge is 0.257 e. The Labute approximate surface area is 91.5 Å². The van der Waals surface area contributed by atoms with E-state index in [1.54, 1.807) is 12.1 Å². The van der Waals surface area contributed by atoms with Gasteiger partial charge in [-0.15, -0.1) is 0 Å². The average molecular weight is 227 g/mol. The molecule has 0 aliphatic carbocycles. The zero-order valence-electron chi connectivity index (χ0n) is 7.14. The van der Waals surface area contributed by atoms with Gasteiger partial charge in [-0.1, -0.05) is 16.8 Å². The fourth-order valence-corrected chi connectivity index (χ4v) is 1.28. The van der Waals surface area contributed by atoms with Crippen LogP contribution in [0.2, 0.25) is 5.02 Å². The van der Waals surface area contributed by atoms with Crippen molar-refractivity contribution in [3.8, 4) is 11.5 Å². The molecule has 0 spiro atoms. The van der Waals surface area contributed by atoms with Gasteiger partial charge in [0.15, 0.2) is 5.82 Å². The van der Waals surface area contributed by atoms with Crippen LogP contribution in [0.1, 0.15) is 5.82 Å². The maximum atomic E-state index is 5.75. The zero-order valence-corrected chi connectivity index (χ0v) is 8.79. The van der Waals surface area contributed by atoms with Crippen molar-refractivity contribution in [2.75, 3.05) is 0 Å². The van der Waals surface area contributed by atoms with Crippen molar-refractivity contribution in [2.45, 2.75) is 5.75 Å². The molecule has 0 aliphatic heterocycles. The molecule has 0 aliphatic rings. The Balaban J connectivity index is 2.34. The highest BCUT2D eigenvalue weighted by Gasteiger charge is 2.06. The zero-order chi connectivity index (χ0) is 9.97. The van der Waals surface area contributed by atoms with Crippen LogP contribution in [-0.4, -0.2) is 10.1 Å². The predicted octanol–water partition coefficient (Wildman–Crippen LogP) is 2.82. The van der Waals surface area contributed by atoms with Crippen molar-refractivity contribution >= 4 is 24.2 Å². The Morgan fingerprint density at radius 1 is 1.29 bits per heavy atom. The van der Waals surface area contributed by atoms with Crippen molar-refractivity contribution < 1.29 is 4.52 Å². The lowest BCUT2D eigenvalue weighted by molar-refractivity contribution is 0.425. The minimum Gasteiger partial charge on any atom is -0.334 e. The van der Waals surface area contributed by atoms with Gasteiger partial charge in [-0.3, -0.25) is 0 Å². The molecular formula is C9H7ClN2OS. The maximum absolute atomic E-state index is 5.75. The van der Waals surface area contributed by atoms with Gasteiger partial charge < -0.3 is 4.52 Å². The van der Waals surface area contributed by atoms with Crippen LogP contribution in [0.25, 0.3) is 11.5 Å². The predicted molar refractivity (Wildman–Crippen MR) is 57.4 cm³/mol. The second kappa shape index (κ2) is 4.02. The van der Waals surface area contributed by atoms with Gasteiger partial charge in [-0.2, -0.15) is 17.6 Å². The first-order valence-electron chi connectivity index (χ1n) is 3.99. The number of rotatable bonds is 2. The van der Waals surface area contributed by atoms with E-state index in [0.717, 1.165) is 5.56 Å². The topological polar surface area (TPSA) is 38.9 Å². The van der Waals surface area contributed by atoms with Crippen molar-refractivity contribution in [1.29, 1.82) is 0 Å². The summed E-state index contributed by atoms with van der Waals surface area (Å²) in [6.07, 6.45) is 0. The van der Waals surface area contributed by atoms with Crippen molar-refractivity contribution in [3.05, 3.63) is 35.1 Å².